The number of halogens is 1. The molecule has 0 bridgehead atoms. The van der Waals surface area contributed by atoms with Crippen LogP contribution in [-0.4, -0.2) is 24.8 Å². The van der Waals surface area contributed by atoms with Crippen molar-refractivity contribution >= 4 is 28.0 Å². The van der Waals surface area contributed by atoms with Crippen LogP contribution in [0.1, 0.15) is 37.5 Å². The van der Waals surface area contributed by atoms with Crippen LogP contribution in [0.25, 0.3) is 11.1 Å². The molecule has 1 amide bonds. The molecule has 3 rings (SSSR count). The number of alkyl carbamates (subject to hydrolysis) is 1. The minimum absolute atomic E-state index is 0.153. The Bertz CT molecular complexity index is 1190. The molecule has 0 fully saturated rings. The van der Waals surface area contributed by atoms with E-state index in [-0.39, 0.29) is 12.4 Å². The van der Waals surface area contributed by atoms with Crippen LogP contribution >= 0.6 is 15.9 Å². The Morgan fingerprint density at radius 3 is 2.40 bits per heavy atom. The van der Waals surface area contributed by atoms with Crippen LogP contribution in [0.3, 0.4) is 0 Å². The summed E-state index contributed by atoms with van der Waals surface area (Å²) in [6.45, 7) is 6.20. The molecule has 3 aromatic carbocycles. The number of amides is 1. The molecule has 0 unspecified atom stereocenters. The number of hydrogen-bond donors (Lipinski definition) is 1. The predicted octanol–water partition coefficient (Wildman–Crippen LogP) is 6.44. The van der Waals surface area contributed by atoms with Crippen LogP contribution in [-0.2, 0) is 33.8 Å². The number of benzene rings is 3. The van der Waals surface area contributed by atoms with E-state index in [4.69, 9.17) is 14.2 Å². The number of para-hydroxylation sites is 1. The fraction of sp³-hybridized carbons (Fsp3) is 0.286. The average molecular weight is 540 g/mol. The summed E-state index contributed by atoms with van der Waals surface area (Å²) in [5.74, 6) is 0.335. The molecule has 0 aromatic heterocycles. The highest BCUT2D eigenvalue weighted by Crippen LogP contribution is 2.27. The number of methoxy groups -OCH3 is 1. The van der Waals surface area contributed by atoms with E-state index in [0.717, 1.165) is 32.3 Å². The molecule has 3 aromatic rings. The molecule has 0 radical (unpaired) electrons. The summed E-state index contributed by atoms with van der Waals surface area (Å²) in [5, 5.41) is 2.79. The van der Waals surface area contributed by atoms with Crippen LogP contribution in [0, 0.1) is 0 Å². The molecule has 0 spiro atoms. The molecule has 184 valence electrons. The Balaban J connectivity index is 1.72. The molecular weight excluding hydrogens is 510 g/mol. The van der Waals surface area contributed by atoms with Gasteiger partial charge in [-0.2, -0.15) is 0 Å². The normalized spacial score (nSPS) is 11.0. The molecule has 0 aliphatic carbocycles. The minimum atomic E-state index is -0.541. The number of carbonyl (C=O) groups is 2. The van der Waals surface area contributed by atoms with Crippen LogP contribution in [0.5, 0.6) is 5.75 Å². The molecule has 35 heavy (non-hydrogen) atoms. The van der Waals surface area contributed by atoms with E-state index in [1.165, 1.54) is 7.11 Å². The maximum Gasteiger partial charge on any atom is 0.407 e. The maximum atomic E-state index is 12.0. The van der Waals surface area contributed by atoms with Gasteiger partial charge in [-0.25, -0.2) is 4.79 Å². The van der Waals surface area contributed by atoms with E-state index in [9.17, 15) is 9.59 Å². The van der Waals surface area contributed by atoms with E-state index in [1.807, 2.05) is 81.4 Å². The maximum absolute atomic E-state index is 12.0. The summed E-state index contributed by atoms with van der Waals surface area (Å²) in [5.41, 5.74) is 4.20. The number of rotatable bonds is 8. The molecular formula is C28H30BrNO5. The van der Waals surface area contributed by atoms with Gasteiger partial charge in [0.15, 0.2) is 0 Å². The molecule has 1 N–H and O–H groups in total. The smallest absolute Gasteiger partial charge is 0.407 e. The van der Waals surface area contributed by atoms with Gasteiger partial charge in [0.2, 0.25) is 0 Å². The topological polar surface area (TPSA) is 73.9 Å². The molecule has 0 aliphatic heterocycles. The standard InChI is InChI=1S/C28H30BrNO5/c1-28(2,3)35-27(32)30-17-19-8-7-10-21(12-19)23-13-20(14-24(29)15-23)18-34-25-11-6-5-9-22(25)16-26(31)33-4/h5-15H,16-18H2,1-4H3,(H,30,32). The van der Waals surface area contributed by atoms with Gasteiger partial charge in [0.05, 0.1) is 13.5 Å². The van der Waals surface area contributed by atoms with E-state index < -0.39 is 11.7 Å². The fourth-order valence-corrected chi connectivity index (χ4v) is 3.97. The molecule has 6 nitrogen and oxygen atoms in total. The number of ether oxygens (including phenoxy) is 3. The summed E-state index contributed by atoms with van der Waals surface area (Å²) in [7, 11) is 1.37. The highest BCUT2D eigenvalue weighted by atomic mass is 79.9. The van der Waals surface area contributed by atoms with E-state index >= 15 is 0 Å². The van der Waals surface area contributed by atoms with Crippen molar-refractivity contribution < 1.29 is 23.8 Å². The average Bonchev–Trinajstić information content (AvgIpc) is 2.81. The Kier molecular flexibility index (Phi) is 8.93. The molecule has 0 saturated carbocycles. The molecule has 0 atom stereocenters. The lowest BCUT2D eigenvalue weighted by atomic mass is 10.0. The first-order chi connectivity index (χ1) is 16.6. The Hall–Kier alpha value is -3.32. The van der Waals surface area contributed by atoms with Crippen LogP contribution in [0.4, 0.5) is 4.79 Å². The van der Waals surface area contributed by atoms with Gasteiger partial charge in [-0.15, -0.1) is 0 Å². The zero-order valence-electron chi connectivity index (χ0n) is 20.4. The van der Waals surface area contributed by atoms with Gasteiger partial charge in [-0.1, -0.05) is 52.3 Å². The first-order valence-electron chi connectivity index (χ1n) is 11.3. The summed E-state index contributed by atoms with van der Waals surface area (Å²) in [6.07, 6.45) is -0.294. The van der Waals surface area contributed by atoms with Gasteiger partial charge in [0.25, 0.3) is 0 Å². The summed E-state index contributed by atoms with van der Waals surface area (Å²) in [6, 6.07) is 21.5. The van der Waals surface area contributed by atoms with Crippen molar-refractivity contribution in [3.05, 3.63) is 87.9 Å². The quantitative estimate of drug-likeness (QED) is 0.333. The lowest BCUT2D eigenvalue weighted by Gasteiger charge is -2.19. The minimum Gasteiger partial charge on any atom is -0.489 e. The van der Waals surface area contributed by atoms with Crippen LogP contribution in [0.15, 0.2) is 71.2 Å². The van der Waals surface area contributed by atoms with Crippen molar-refractivity contribution in [2.24, 2.45) is 0 Å². The first kappa shape index (κ1) is 26.3. The van der Waals surface area contributed by atoms with Crippen molar-refractivity contribution in [3.63, 3.8) is 0 Å². The predicted molar refractivity (Wildman–Crippen MR) is 139 cm³/mol. The lowest BCUT2D eigenvalue weighted by molar-refractivity contribution is -0.139. The van der Waals surface area contributed by atoms with Crippen molar-refractivity contribution in [1.82, 2.24) is 5.32 Å². The number of nitrogens with one attached hydrogen (secondary N) is 1. The second kappa shape index (κ2) is 11.9. The molecule has 0 aliphatic rings. The third-order valence-electron chi connectivity index (χ3n) is 4.98. The lowest BCUT2D eigenvalue weighted by Crippen LogP contribution is -2.32. The van der Waals surface area contributed by atoms with Gasteiger partial charge in [0.1, 0.15) is 18.0 Å². The molecule has 7 heteroatoms. The van der Waals surface area contributed by atoms with E-state index in [0.29, 0.717) is 18.9 Å². The van der Waals surface area contributed by atoms with Crippen LogP contribution < -0.4 is 10.1 Å². The Labute approximate surface area is 214 Å². The van der Waals surface area contributed by atoms with Gasteiger partial charge in [-0.05, 0) is 73.4 Å². The monoisotopic (exact) mass is 539 g/mol. The third-order valence-corrected chi connectivity index (χ3v) is 5.44. The highest BCUT2D eigenvalue weighted by molar-refractivity contribution is 9.10. The largest absolute Gasteiger partial charge is 0.489 e. The number of carbonyl (C=O) groups excluding carboxylic acids is 2. The van der Waals surface area contributed by atoms with Gasteiger partial charge in [0, 0.05) is 16.6 Å². The van der Waals surface area contributed by atoms with Crippen molar-refractivity contribution in [1.29, 1.82) is 0 Å². The third kappa shape index (κ3) is 8.44. The van der Waals surface area contributed by atoms with Crippen LogP contribution in [0.2, 0.25) is 0 Å². The number of hydrogen-bond acceptors (Lipinski definition) is 5. The zero-order valence-corrected chi connectivity index (χ0v) is 22.0. The summed E-state index contributed by atoms with van der Waals surface area (Å²) in [4.78, 5) is 23.7. The molecule has 0 heterocycles. The first-order valence-corrected chi connectivity index (χ1v) is 12.1. The highest BCUT2D eigenvalue weighted by Gasteiger charge is 2.16. The van der Waals surface area contributed by atoms with E-state index in [1.54, 1.807) is 0 Å². The van der Waals surface area contributed by atoms with Gasteiger partial charge in [-0.3, -0.25) is 4.79 Å². The van der Waals surface area contributed by atoms with Gasteiger partial charge < -0.3 is 19.5 Å². The van der Waals surface area contributed by atoms with E-state index in [2.05, 4.69) is 27.3 Å². The SMILES string of the molecule is COC(=O)Cc1ccccc1OCc1cc(Br)cc(-c2cccc(CNC(=O)OC(C)(C)C)c2)c1. The fourth-order valence-electron chi connectivity index (χ4n) is 3.43. The molecule has 0 saturated heterocycles. The second-order valence-corrected chi connectivity index (χ2v) is 9.97. The van der Waals surface area contributed by atoms with Gasteiger partial charge >= 0.3 is 12.1 Å². The van der Waals surface area contributed by atoms with Crippen molar-refractivity contribution in [2.45, 2.75) is 45.9 Å². The number of esters is 1. The second-order valence-electron chi connectivity index (χ2n) is 9.05. The Morgan fingerprint density at radius 1 is 0.914 bits per heavy atom. The van der Waals surface area contributed by atoms with Crippen molar-refractivity contribution in [3.8, 4) is 16.9 Å². The summed E-state index contributed by atoms with van der Waals surface area (Å²) >= 11 is 3.60. The summed E-state index contributed by atoms with van der Waals surface area (Å²) < 4.78 is 17.1. The zero-order chi connectivity index (χ0) is 25.4. The Morgan fingerprint density at radius 2 is 1.66 bits per heavy atom. The van der Waals surface area contributed by atoms with Crippen molar-refractivity contribution in [2.75, 3.05) is 7.11 Å².